The van der Waals surface area contributed by atoms with Crippen molar-refractivity contribution in [1.82, 2.24) is 15.0 Å². The Hall–Kier alpha value is -2.35. The second-order valence-electron chi connectivity index (χ2n) is 3.36. The van der Waals surface area contributed by atoms with E-state index in [1.165, 1.54) is 31.8 Å². The number of carboxylic acids is 1. The highest BCUT2D eigenvalue weighted by Gasteiger charge is 2.11. The number of methoxy groups -OCH3 is 1. The van der Waals surface area contributed by atoms with Crippen LogP contribution in [0.25, 0.3) is 0 Å². The van der Waals surface area contributed by atoms with Crippen LogP contribution in [-0.4, -0.2) is 33.1 Å². The monoisotopic (exact) mass is 279 g/mol. The predicted octanol–water partition coefficient (Wildman–Crippen LogP) is 1.02. The number of pyridine rings is 1. The molecule has 98 valence electrons. The van der Waals surface area contributed by atoms with Gasteiger partial charge in [0.25, 0.3) is 5.56 Å². The van der Waals surface area contributed by atoms with Gasteiger partial charge in [-0.05, 0) is 23.9 Å². The van der Waals surface area contributed by atoms with Gasteiger partial charge in [0, 0.05) is 6.20 Å². The summed E-state index contributed by atoms with van der Waals surface area (Å²) in [5.74, 6) is -0.951. The van der Waals surface area contributed by atoms with Gasteiger partial charge in [0.05, 0.1) is 19.0 Å². The topological polar surface area (TPSA) is 105 Å². The minimum Gasteiger partial charge on any atom is -0.489 e. The molecule has 0 amide bonds. The zero-order valence-corrected chi connectivity index (χ0v) is 10.6. The summed E-state index contributed by atoms with van der Waals surface area (Å²) in [6.07, 6.45) is 2.50. The molecule has 0 aliphatic rings. The maximum Gasteiger partial charge on any atom is 0.337 e. The van der Waals surface area contributed by atoms with Crippen molar-refractivity contribution in [2.24, 2.45) is 0 Å². The summed E-state index contributed by atoms with van der Waals surface area (Å²) in [5, 5.41) is 9.64. The number of nitrogens with one attached hydrogen (secondary N) is 1. The molecule has 8 heteroatoms. The zero-order valence-electron chi connectivity index (χ0n) is 9.78. The molecule has 0 unspecified atom stereocenters. The number of hydrogen-bond donors (Lipinski definition) is 2. The number of aromatic nitrogens is 3. The fourth-order valence-electron chi connectivity index (χ4n) is 1.29. The van der Waals surface area contributed by atoms with Gasteiger partial charge in [-0.25, -0.2) is 14.8 Å². The van der Waals surface area contributed by atoms with Crippen LogP contribution in [0.5, 0.6) is 5.75 Å². The van der Waals surface area contributed by atoms with Crippen molar-refractivity contribution in [3.05, 3.63) is 40.6 Å². The number of hydrogen-bond acceptors (Lipinski definition) is 6. The summed E-state index contributed by atoms with van der Waals surface area (Å²) in [6.45, 7) is 0. The molecular formula is C11H9N3O4S. The van der Waals surface area contributed by atoms with Crippen LogP contribution in [0.4, 0.5) is 0 Å². The van der Waals surface area contributed by atoms with Gasteiger partial charge >= 0.3 is 5.97 Å². The van der Waals surface area contributed by atoms with E-state index in [0.29, 0.717) is 10.1 Å². The summed E-state index contributed by atoms with van der Waals surface area (Å²) in [4.78, 5) is 32.5. The van der Waals surface area contributed by atoms with E-state index in [4.69, 9.17) is 9.84 Å². The molecule has 0 atom stereocenters. The van der Waals surface area contributed by atoms with Gasteiger partial charge in [-0.3, -0.25) is 4.79 Å². The Morgan fingerprint density at radius 3 is 2.79 bits per heavy atom. The van der Waals surface area contributed by atoms with Gasteiger partial charge in [0.1, 0.15) is 5.03 Å². The van der Waals surface area contributed by atoms with Crippen molar-refractivity contribution in [2.75, 3.05) is 7.11 Å². The SMILES string of the molecule is COc1c(Sc2ccc(C(=O)O)cn2)nc[nH]c1=O. The lowest BCUT2D eigenvalue weighted by molar-refractivity contribution is 0.0696. The maximum atomic E-state index is 11.5. The van der Waals surface area contributed by atoms with Crippen molar-refractivity contribution in [2.45, 2.75) is 10.1 Å². The molecule has 0 aromatic carbocycles. The largest absolute Gasteiger partial charge is 0.489 e. The van der Waals surface area contributed by atoms with E-state index >= 15 is 0 Å². The number of H-pyrrole nitrogens is 1. The first-order valence-corrected chi connectivity index (χ1v) is 5.92. The fraction of sp³-hybridized carbons (Fsp3) is 0.0909. The van der Waals surface area contributed by atoms with Gasteiger partial charge in [-0.1, -0.05) is 0 Å². The number of ether oxygens (including phenoxy) is 1. The van der Waals surface area contributed by atoms with Crippen molar-refractivity contribution in [3.63, 3.8) is 0 Å². The normalized spacial score (nSPS) is 10.2. The van der Waals surface area contributed by atoms with Crippen LogP contribution >= 0.6 is 11.8 Å². The lowest BCUT2D eigenvalue weighted by Crippen LogP contribution is -2.10. The van der Waals surface area contributed by atoms with E-state index in [-0.39, 0.29) is 16.9 Å². The highest BCUT2D eigenvalue weighted by molar-refractivity contribution is 7.99. The lowest BCUT2D eigenvalue weighted by Gasteiger charge is -2.04. The molecule has 2 aromatic heterocycles. The van der Waals surface area contributed by atoms with E-state index < -0.39 is 5.97 Å². The Morgan fingerprint density at radius 1 is 1.42 bits per heavy atom. The number of aromatic amines is 1. The zero-order chi connectivity index (χ0) is 13.8. The number of carbonyl (C=O) groups is 1. The van der Waals surface area contributed by atoms with Crippen LogP contribution in [0.3, 0.4) is 0 Å². The van der Waals surface area contributed by atoms with Crippen LogP contribution in [0, 0.1) is 0 Å². The molecule has 2 N–H and O–H groups in total. The van der Waals surface area contributed by atoms with Gasteiger partial charge in [0.2, 0.25) is 5.75 Å². The summed E-state index contributed by atoms with van der Waals surface area (Å²) in [7, 11) is 1.37. The number of aromatic carboxylic acids is 1. The average Bonchev–Trinajstić information content (AvgIpc) is 2.39. The van der Waals surface area contributed by atoms with Gasteiger partial charge in [0.15, 0.2) is 5.03 Å². The molecule has 2 rings (SSSR count). The minimum atomic E-state index is -1.05. The van der Waals surface area contributed by atoms with Crippen LogP contribution in [0.15, 0.2) is 39.5 Å². The Bertz CT molecular complexity index is 654. The van der Waals surface area contributed by atoms with Crippen molar-refractivity contribution >= 4 is 17.7 Å². The molecule has 0 spiro atoms. The molecular weight excluding hydrogens is 270 g/mol. The van der Waals surface area contributed by atoms with Crippen molar-refractivity contribution in [3.8, 4) is 5.75 Å². The molecule has 2 heterocycles. The van der Waals surface area contributed by atoms with Gasteiger partial charge in [-0.2, -0.15) is 0 Å². The smallest absolute Gasteiger partial charge is 0.337 e. The van der Waals surface area contributed by atoms with E-state index in [1.54, 1.807) is 0 Å². The first-order chi connectivity index (χ1) is 9.11. The number of rotatable bonds is 4. The molecule has 0 saturated carbocycles. The van der Waals surface area contributed by atoms with Gasteiger partial charge < -0.3 is 14.8 Å². The second-order valence-corrected chi connectivity index (χ2v) is 4.37. The van der Waals surface area contributed by atoms with Crippen LogP contribution < -0.4 is 10.3 Å². The minimum absolute atomic E-state index is 0.0928. The van der Waals surface area contributed by atoms with Crippen LogP contribution in [0.2, 0.25) is 0 Å². The molecule has 0 saturated heterocycles. The first kappa shape index (κ1) is 13.1. The van der Waals surface area contributed by atoms with E-state index in [9.17, 15) is 9.59 Å². The summed E-state index contributed by atoms with van der Waals surface area (Å²) in [6, 6.07) is 2.97. The third-order valence-electron chi connectivity index (χ3n) is 2.17. The first-order valence-electron chi connectivity index (χ1n) is 5.10. The quantitative estimate of drug-likeness (QED) is 0.805. The number of nitrogens with zero attached hydrogens (tertiary/aromatic N) is 2. The predicted molar refractivity (Wildman–Crippen MR) is 66.7 cm³/mol. The number of carboxylic acid groups (broad SMARTS) is 1. The van der Waals surface area contributed by atoms with E-state index in [0.717, 1.165) is 11.8 Å². The summed E-state index contributed by atoms with van der Waals surface area (Å²) < 4.78 is 4.96. The van der Waals surface area contributed by atoms with Crippen molar-refractivity contribution in [1.29, 1.82) is 0 Å². The van der Waals surface area contributed by atoms with E-state index in [2.05, 4.69) is 15.0 Å². The third kappa shape index (κ3) is 2.91. The second kappa shape index (κ2) is 5.53. The molecule has 0 radical (unpaired) electrons. The Kier molecular flexibility index (Phi) is 3.81. The Balaban J connectivity index is 2.29. The molecule has 2 aromatic rings. The summed E-state index contributed by atoms with van der Waals surface area (Å²) >= 11 is 1.11. The Morgan fingerprint density at radius 2 is 2.21 bits per heavy atom. The highest BCUT2D eigenvalue weighted by atomic mass is 32.2. The average molecular weight is 279 g/mol. The molecule has 7 nitrogen and oxygen atoms in total. The fourth-order valence-corrected chi connectivity index (χ4v) is 2.10. The van der Waals surface area contributed by atoms with Crippen LogP contribution in [0.1, 0.15) is 10.4 Å². The molecule has 0 fully saturated rings. The Labute approximate surface area is 111 Å². The molecule has 0 aliphatic heterocycles. The molecule has 0 bridgehead atoms. The maximum absolute atomic E-state index is 11.5. The van der Waals surface area contributed by atoms with Crippen molar-refractivity contribution < 1.29 is 14.6 Å². The third-order valence-corrected chi connectivity index (χ3v) is 3.10. The molecule has 19 heavy (non-hydrogen) atoms. The summed E-state index contributed by atoms with van der Waals surface area (Å²) in [5.41, 5.74) is -0.294. The highest BCUT2D eigenvalue weighted by Crippen LogP contribution is 2.28. The molecule has 0 aliphatic carbocycles. The van der Waals surface area contributed by atoms with Crippen LogP contribution in [-0.2, 0) is 0 Å². The standard InChI is InChI=1S/C11H9N3O4S/c1-18-8-9(15)13-5-14-10(8)19-7-3-2-6(4-12-7)11(16)17/h2-5H,1H3,(H,16,17)(H,13,14,15). The lowest BCUT2D eigenvalue weighted by atomic mass is 10.3. The van der Waals surface area contributed by atoms with E-state index in [1.807, 2.05) is 0 Å². The van der Waals surface area contributed by atoms with Gasteiger partial charge in [-0.15, -0.1) is 0 Å².